The van der Waals surface area contributed by atoms with E-state index < -0.39 is 6.10 Å². The van der Waals surface area contributed by atoms with Crippen LogP contribution < -0.4 is 0 Å². The number of carbonyl (C=O) groups is 1. The van der Waals surface area contributed by atoms with Gasteiger partial charge in [0.05, 0.1) is 17.5 Å². The molecule has 0 saturated heterocycles. The first-order valence-corrected chi connectivity index (χ1v) is 6.29. The third-order valence-corrected chi connectivity index (χ3v) is 3.18. The molecule has 1 N–H and O–H groups in total. The molecule has 0 aliphatic heterocycles. The number of rotatable bonds is 5. The first-order valence-electron chi connectivity index (χ1n) is 6.29. The lowest BCUT2D eigenvalue weighted by Gasteiger charge is -2.16. The van der Waals surface area contributed by atoms with Crippen LogP contribution in [0.25, 0.3) is 10.9 Å². The number of aromatic amines is 1. The molecule has 0 spiro atoms. The summed E-state index contributed by atoms with van der Waals surface area (Å²) in [5, 5.41) is 1.02. The van der Waals surface area contributed by atoms with Crippen molar-refractivity contribution in [3.8, 4) is 0 Å². The monoisotopic (exact) mass is 267 g/mol. The number of fused-ring (bicyclic) bond motifs is 1. The van der Waals surface area contributed by atoms with E-state index in [2.05, 4.69) is 15.0 Å². The standard InChI is InChI=1S/C15H13N3O2/c19-10-20-14(7-12-8-16-9-18-12)13-5-1-3-11-4-2-6-17-15(11)13/h1-6,8-10,14H,7H2,(H,16,18). The normalized spacial score (nSPS) is 12.2. The largest absolute Gasteiger partial charge is 0.459 e. The van der Waals surface area contributed by atoms with Crippen molar-refractivity contribution in [2.24, 2.45) is 0 Å². The molecular formula is C15H13N3O2. The smallest absolute Gasteiger partial charge is 0.293 e. The quantitative estimate of drug-likeness (QED) is 0.721. The molecule has 5 nitrogen and oxygen atoms in total. The fourth-order valence-electron chi connectivity index (χ4n) is 2.28. The number of nitrogens with zero attached hydrogens (tertiary/aromatic N) is 2. The van der Waals surface area contributed by atoms with Gasteiger partial charge in [-0.3, -0.25) is 9.78 Å². The van der Waals surface area contributed by atoms with E-state index in [9.17, 15) is 4.79 Å². The number of aromatic nitrogens is 3. The van der Waals surface area contributed by atoms with Crippen molar-refractivity contribution in [1.29, 1.82) is 0 Å². The zero-order valence-corrected chi connectivity index (χ0v) is 10.7. The molecular weight excluding hydrogens is 254 g/mol. The predicted octanol–water partition coefficient (Wildman–Crippen LogP) is 2.41. The molecule has 0 aliphatic rings. The van der Waals surface area contributed by atoms with Gasteiger partial charge in [0.15, 0.2) is 0 Å². The summed E-state index contributed by atoms with van der Waals surface area (Å²) in [5.41, 5.74) is 2.57. The third-order valence-electron chi connectivity index (χ3n) is 3.18. The Morgan fingerprint density at radius 1 is 1.25 bits per heavy atom. The topological polar surface area (TPSA) is 67.9 Å². The van der Waals surface area contributed by atoms with E-state index in [1.165, 1.54) is 0 Å². The van der Waals surface area contributed by atoms with Crippen molar-refractivity contribution in [1.82, 2.24) is 15.0 Å². The summed E-state index contributed by atoms with van der Waals surface area (Å²) in [5.74, 6) is 0. The van der Waals surface area contributed by atoms with Gasteiger partial charge in [0, 0.05) is 29.8 Å². The fraction of sp³-hybridized carbons (Fsp3) is 0.133. The van der Waals surface area contributed by atoms with E-state index in [-0.39, 0.29) is 0 Å². The number of benzene rings is 1. The molecule has 0 amide bonds. The number of ether oxygens (including phenoxy) is 1. The zero-order chi connectivity index (χ0) is 13.8. The van der Waals surface area contributed by atoms with Crippen molar-refractivity contribution in [3.63, 3.8) is 0 Å². The Morgan fingerprint density at radius 2 is 2.15 bits per heavy atom. The van der Waals surface area contributed by atoms with Crippen LogP contribution in [0, 0.1) is 0 Å². The zero-order valence-electron chi connectivity index (χ0n) is 10.7. The molecule has 3 rings (SSSR count). The molecule has 0 fully saturated rings. The molecule has 100 valence electrons. The Kier molecular flexibility index (Phi) is 3.41. The Labute approximate surface area is 115 Å². The van der Waals surface area contributed by atoms with Crippen LogP contribution in [0.15, 0.2) is 49.1 Å². The highest BCUT2D eigenvalue weighted by Crippen LogP contribution is 2.27. The van der Waals surface area contributed by atoms with E-state index in [0.717, 1.165) is 22.2 Å². The molecule has 2 aromatic heterocycles. The van der Waals surface area contributed by atoms with Gasteiger partial charge in [-0.25, -0.2) is 4.98 Å². The maximum absolute atomic E-state index is 10.8. The summed E-state index contributed by atoms with van der Waals surface area (Å²) in [6, 6.07) is 9.72. The van der Waals surface area contributed by atoms with Crippen LogP contribution in [0.4, 0.5) is 0 Å². The van der Waals surface area contributed by atoms with Gasteiger partial charge in [-0.1, -0.05) is 24.3 Å². The minimum atomic E-state index is -0.394. The average molecular weight is 267 g/mol. The first kappa shape index (κ1) is 12.3. The number of H-pyrrole nitrogens is 1. The van der Waals surface area contributed by atoms with Gasteiger partial charge < -0.3 is 9.72 Å². The molecule has 1 unspecified atom stereocenters. The predicted molar refractivity (Wildman–Crippen MR) is 73.9 cm³/mol. The highest BCUT2D eigenvalue weighted by Gasteiger charge is 2.17. The lowest BCUT2D eigenvalue weighted by molar-refractivity contribution is -0.133. The van der Waals surface area contributed by atoms with Crippen molar-refractivity contribution in [2.45, 2.75) is 12.5 Å². The Hall–Kier alpha value is -2.69. The van der Waals surface area contributed by atoms with E-state index >= 15 is 0 Å². The number of nitrogens with one attached hydrogen (secondary N) is 1. The second kappa shape index (κ2) is 5.52. The van der Waals surface area contributed by atoms with Crippen LogP contribution in [0.2, 0.25) is 0 Å². The van der Waals surface area contributed by atoms with Gasteiger partial charge in [0.25, 0.3) is 6.47 Å². The molecule has 1 aromatic carbocycles. The molecule has 0 aliphatic carbocycles. The van der Waals surface area contributed by atoms with Gasteiger partial charge in [-0.15, -0.1) is 0 Å². The number of hydrogen-bond acceptors (Lipinski definition) is 4. The second-order valence-electron chi connectivity index (χ2n) is 4.41. The summed E-state index contributed by atoms with van der Waals surface area (Å²) < 4.78 is 5.24. The van der Waals surface area contributed by atoms with E-state index in [1.807, 2.05) is 30.3 Å². The number of pyridine rings is 1. The van der Waals surface area contributed by atoms with Crippen LogP contribution in [-0.2, 0) is 16.0 Å². The van der Waals surface area contributed by atoms with Crippen molar-refractivity contribution in [2.75, 3.05) is 0 Å². The minimum Gasteiger partial charge on any atom is -0.459 e. The highest BCUT2D eigenvalue weighted by atomic mass is 16.5. The average Bonchev–Trinajstić information content (AvgIpc) is 2.99. The van der Waals surface area contributed by atoms with E-state index in [1.54, 1.807) is 18.7 Å². The van der Waals surface area contributed by atoms with E-state index in [4.69, 9.17) is 4.74 Å². The lowest BCUT2D eigenvalue weighted by atomic mass is 10.0. The summed E-state index contributed by atoms with van der Waals surface area (Å²) in [4.78, 5) is 22.2. The summed E-state index contributed by atoms with van der Waals surface area (Å²) in [7, 11) is 0. The molecule has 20 heavy (non-hydrogen) atoms. The van der Waals surface area contributed by atoms with Crippen molar-refractivity contribution in [3.05, 3.63) is 60.3 Å². The maximum atomic E-state index is 10.8. The molecule has 1 atom stereocenters. The van der Waals surface area contributed by atoms with Crippen LogP contribution >= 0.6 is 0 Å². The number of imidazole rings is 1. The van der Waals surface area contributed by atoms with Crippen LogP contribution in [0.5, 0.6) is 0 Å². The SMILES string of the molecule is O=COC(Cc1c[nH]cn1)c1cccc2cccnc12. The van der Waals surface area contributed by atoms with Crippen LogP contribution in [0.1, 0.15) is 17.4 Å². The minimum absolute atomic E-state index is 0.394. The summed E-state index contributed by atoms with van der Waals surface area (Å²) in [6.07, 6.45) is 5.25. The Balaban J connectivity index is 2.02. The molecule has 0 saturated carbocycles. The van der Waals surface area contributed by atoms with Gasteiger partial charge >= 0.3 is 0 Å². The Morgan fingerprint density at radius 3 is 2.95 bits per heavy atom. The molecule has 2 heterocycles. The molecule has 5 heteroatoms. The van der Waals surface area contributed by atoms with Crippen molar-refractivity contribution >= 4 is 17.4 Å². The Bertz CT molecular complexity index is 705. The maximum Gasteiger partial charge on any atom is 0.293 e. The van der Waals surface area contributed by atoms with Crippen LogP contribution in [-0.4, -0.2) is 21.4 Å². The summed E-state index contributed by atoms with van der Waals surface area (Å²) in [6.45, 7) is 0.471. The first-order chi connectivity index (χ1) is 9.88. The molecule has 3 aromatic rings. The van der Waals surface area contributed by atoms with Gasteiger partial charge in [0.2, 0.25) is 0 Å². The van der Waals surface area contributed by atoms with E-state index in [0.29, 0.717) is 12.9 Å². The second-order valence-corrected chi connectivity index (χ2v) is 4.41. The van der Waals surface area contributed by atoms with Gasteiger partial charge in [-0.2, -0.15) is 0 Å². The van der Waals surface area contributed by atoms with Gasteiger partial charge in [-0.05, 0) is 6.07 Å². The molecule has 0 radical (unpaired) electrons. The van der Waals surface area contributed by atoms with Crippen molar-refractivity contribution < 1.29 is 9.53 Å². The third kappa shape index (κ3) is 2.38. The highest BCUT2D eigenvalue weighted by molar-refractivity contribution is 5.82. The lowest BCUT2D eigenvalue weighted by Crippen LogP contribution is -2.08. The summed E-state index contributed by atoms with van der Waals surface area (Å²) >= 11 is 0. The number of hydrogen-bond donors (Lipinski definition) is 1. The number of carbonyl (C=O) groups excluding carboxylic acids is 1. The van der Waals surface area contributed by atoms with Gasteiger partial charge in [0.1, 0.15) is 6.10 Å². The molecule has 0 bridgehead atoms. The number of para-hydroxylation sites is 1. The van der Waals surface area contributed by atoms with Crippen LogP contribution in [0.3, 0.4) is 0 Å². The fourth-order valence-corrected chi connectivity index (χ4v) is 2.28.